The molecule has 0 unspecified atom stereocenters. The van der Waals surface area contributed by atoms with Gasteiger partial charge in [-0.2, -0.15) is 0 Å². The van der Waals surface area contributed by atoms with Crippen molar-refractivity contribution in [1.29, 1.82) is 0 Å². The number of imidazole rings is 1. The minimum absolute atomic E-state index is 0. The fourth-order valence-corrected chi connectivity index (χ4v) is 3.18. The number of nitrogens with two attached hydrogens (primary N) is 1. The molecular weight excluding hydrogens is 455 g/mol. The number of anilines is 1. The van der Waals surface area contributed by atoms with Crippen molar-refractivity contribution in [3.05, 3.63) is 48.5 Å². The molecule has 27 heavy (non-hydrogen) atoms. The highest BCUT2D eigenvalue weighted by molar-refractivity contribution is 14.0. The molecule has 3 aromatic rings. The highest BCUT2D eigenvalue weighted by Gasteiger charge is 2.20. The summed E-state index contributed by atoms with van der Waals surface area (Å²) in [6.07, 6.45) is 3.53. The van der Waals surface area contributed by atoms with Gasteiger partial charge in [0, 0.05) is 45.6 Å². The molecular formula is C18H23IN8. The lowest BCUT2D eigenvalue weighted by molar-refractivity contribution is 0.378. The van der Waals surface area contributed by atoms with Crippen molar-refractivity contribution >= 4 is 46.9 Å². The van der Waals surface area contributed by atoms with Gasteiger partial charge in [0.1, 0.15) is 12.4 Å². The summed E-state index contributed by atoms with van der Waals surface area (Å²) in [5, 5.41) is 0. The normalized spacial score (nSPS) is 15.1. The second kappa shape index (κ2) is 8.51. The van der Waals surface area contributed by atoms with Crippen molar-refractivity contribution in [2.24, 2.45) is 17.8 Å². The molecule has 2 N–H and O–H groups in total. The van der Waals surface area contributed by atoms with E-state index in [1.165, 1.54) is 0 Å². The zero-order valence-corrected chi connectivity index (χ0v) is 17.5. The number of aromatic nitrogens is 4. The van der Waals surface area contributed by atoms with Crippen LogP contribution in [0, 0.1) is 0 Å². The van der Waals surface area contributed by atoms with Crippen LogP contribution >= 0.6 is 24.0 Å². The average molecular weight is 478 g/mol. The van der Waals surface area contributed by atoms with E-state index in [9.17, 15) is 0 Å². The van der Waals surface area contributed by atoms with Crippen LogP contribution in [0.25, 0.3) is 11.0 Å². The molecule has 4 rings (SSSR count). The van der Waals surface area contributed by atoms with Crippen LogP contribution in [0.4, 0.5) is 5.95 Å². The summed E-state index contributed by atoms with van der Waals surface area (Å²) < 4.78 is 2.07. The summed E-state index contributed by atoms with van der Waals surface area (Å²) in [4.78, 5) is 22.1. The molecule has 1 saturated heterocycles. The van der Waals surface area contributed by atoms with E-state index in [0.717, 1.165) is 49.0 Å². The number of hydrogen-bond acceptors (Lipinski definition) is 5. The molecule has 0 amide bonds. The molecule has 1 aromatic carbocycles. The molecule has 1 fully saturated rings. The highest BCUT2D eigenvalue weighted by atomic mass is 127. The molecule has 0 bridgehead atoms. The maximum absolute atomic E-state index is 6.21. The molecule has 1 aliphatic heterocycles. The Balaban J connectivity index is 0.00000210. The third-order valence-electron chi connectivity index (χ3n) is 4.70. The molecule has 8 nitrogen and oxygen atoms in total. The van der Waals surface area contributed by atoms with Crippen molar-refractivity contribution in [2.75, 3.05) is 31.1 Å². The van der Waals surface area contributed by atoms with Crippen LogP contribution in [-0.4, -0.2) is 56.6 Å². The maximum atomic E-state index is 6.21. The van der Waals surface area contributed by atoms with Crippen LogP contribution < -0.4 is 10.6 Å². The van der Waals surface area contributed by atoms with E-state index in [4.69, 9.17) is 5.73 Å². The largest absolute Gasteiger partial charge is 0.370 e. The van der Waals surface area contributed by atoms with Crippen molar-refractivity contribution in [3.8, 4) is 0 Å². The van der Waals surface area contributed by atoms with Gasteiger partial charge in [0.25, 0.3) is 0 Å². The Morgan fingerprint density at radius 3 is 2.48 bits per heavy atom. The van der Waals surface area contributed by atoms with Crippen LogP contribution in [-0.2, 0) is 13.6 Å². The first-order valence-corrected chi connectivity index (χ1v) is 8.69. The zero-order chi connectivity index (χ0) is 17.9. The van der Waals surface area contributed by atoms with E-state index in [-0.39, 0.29) is 24.0 Å². The first-order chi connectivity index (χ1) is 12.7. The molecule has 142 valence electrons. The van der Waals surface area contributed by atoms with Crippen LogP contribution in [0.2, 0.25) is 0 Å². The van der Waals surface area contributed by atoms with Crippen molar-refractivity contribution in [1.82, 2.24) is 24.4 Å². The predicted octanol–water partition coefficient (Wildman–Crippen LogP) is 1.62. The van der Waals surface area contributed by atoms with Gasteiger partial charge in [-0.3, -0.25) is 0 Å². The fraction of sp³-hybridized carbons (Fsp3) is 0.333. The van der Waals surface area contributed by atoms with E-state index in [1.54, 1.807) is 12.4 Å². The Labute approximate surface area is 175 Å². The number of guanidine groups is 1. The summed E-state index contributed by atoms with van der Waals surface area (Å²) in [5.41, 5.74) is 8.30. The molecule has 0 saturated carbocycles. The molecule has 9 heteroatoms. The summed E-state index contributed by atoms with van der Waals surface area (Å²) in [5.74, 6) is 2.23. The van der Waals surface area contributed by atoms with Gasteiger partial charge in [-0.25, -0.2) is 19.9 Å². The molecule has 0 atom stereocenters. The van der Waals surface area contributed by atoms with Gasteiger partial charge >= 0.3 is 0 Å². The number of piperazine rings is 1. The Kier molecular flexibility index (Phi) is 6.09. The fourth-order valence-electron chi connectivity index (χ4n) is 3.18. The molecule has 0 radical (unpaired) electrons. The number of nitrogens with zero attached hydrogens (tertiary/aromatic N) is 7. The van der Waals surface area contributed by atoms with Gasteiger partial charge in [-0.05, 0) is 18.2 Å². The van der Waals surface area contributed by atoms with Crippen LogP contribution in [0.5, 0.6) is 0 Å². The third kappa shape index (κ3) is 4.12. The first kappa shape index (κ1) is 19.3. The van der Waals surface area contributed by atoms with Gasteiger partial charge in [0.2, 0.25) is 5.95 Å². The standard InChI is InChI=1S/C18H22N8.HI/c1-24-15-6-3-2-5-14(15)23-16(24)13-22-17(19)25-9-11-26(12-10-25)18-20-7-4-8-21-18;/h2-8H,9-13H2,1H3,(H2,19,22);1H. The van der Waals surface area contributed by atoms with Gasteiger partial charge in [-0.15, -0.1) is 24.0 Å². The van der Waals surface area contributed by atoms with E-state index < -0.39 is 0 Å². The number of benzene rings is 1. The van der Waals surface area contributed by atoms with E-state index in [0.29, 0.717) is 12.5 Å². The Morgan fingerprint density at radius 1 is 1.07 bits per heavy atom. The lowest BCUT2D eigenvalue weighted by Crippen LogP contribution is -2.51. The average Bonchev–Trinajstić information content (AvgIpc) is 3.03. The van der Waals surface area contributed by atoms with Crippen LogP contribution in [0.3, 0.4) is 0 Å². The summed E-state index contributed by atoms with van der Waals surface area (Å²) >= 11 is 0. The second-order valence-electron chi connectivity index (χ2n) is 6.27. The van der Waals surface area contributed by atoms with Crippen molar-refractivity contribution < 1.29 is 0 Å². The highest BCUT2D eigenvalue weighted by Crippen LogP contribution is 2.15. The smallest absolute Gasteiger partial charge is 0.225 e. The number of fused-ring (bicyclic) bond motifs is 1. The number of rotatable bonds is 3. The van der Waals surface area contributed by atoms with Gasteiger partial charge < -0.3 is 20.1 Å². The second-order valence-corrected chi connectivity index (χ2v) is 6.27. The minimum atomic E-state index is 0. The molecule has 1 aliphatic rings. The van der Waals surface area contributed by atoms with E-state index >= 15 is 0 Å². The minimum Gasteiger partial charge on any atom is -0.370 e. The number of aryl methyl sites for hydroxylation is 1. The quantitative estimate of drug-likeness (QED) is 0.350. The van der Waals surface area contributed by atoms with Crippen molar-refractivity contribution in [3.63, 3.8) is 0 Å². The first-order valence-electron chi connectivity index (χ1n) is 8.69. The summed E-state index contributed by atoms with van der Waals surface area (Å²) in [7, 11) is 2.01. The molecule has 0 aliphatic carbocycles. The van der Waals surface area contributed by atoms with E-state index in [2.05, 4.69) is 40.4 Å². The number of hydrogen-bond donors (Lipinski definition) is 1. The number of aliphatic imine (C=N–C) groups is 1. The molecule has 0 spiro atoms. The number of para-hydroxylation sites is 2. The molecule has 2 aromatic heterocycles. The van der Waals surface area contributed by atoms with Crippen LogP contribution in [0.15, 0.2) is 47.7 Å². The van der Waals surface area contributed by atoms with Crippen LogP contribution in [0.1, 0.15) is 5.82 Å². The molecule has 3 heterocycles. The zero-order valence-electron chi connectivity index (χ0n) is 15.2. The Hall–Kier alpha value is -2.43. The SMILES string of the molecule is Cn1c(CN=C(N)N2CCN(c3ncccn3)CC2)nc2ccccc21.I. The Morgan fingerprint density at radius 2 is 1.78 bits per heavy atom. The predicted molar refractivity (Wildman–Crippen MR) is 117 cm³/mol. The lowest BCUT2D eigenvalue weighted by Gasteiger charge is -2.35. The maximum Gasteiger partial charge on any atom is 0.225 e. The van der Waals surface area contributed by atoms with Crippen molar-refractivity contribution in [2.45, 2.75) is 6.54 Å². The lowest BCUT2D eigenvalue weighted by atomic mass is 10.3. The third-order valence-corrected chi connectivity index (χ3v) is 4.70. The monoisotopic (exact) mass is 478 g/mol. The number of halogens is 1. The summed E-state index contributed by atoms with van der Waals surface area (Å²) in [6.45, 7) is 3.73. The van der Waals surface area contributed by atoms with Gasteiger partial charge in [-0.1, -0.05) is 12.1 Å². The van der Waals surface area contributed by atoms with Gasteiger partial charge in [0.15, 0.2) is 5.96 Å². The topological polar surface area (TPSA) is 88.5 Å². The van der Waals surface area contributed by atoms with E-state index in [1.807, 2.05) is 31.3 Å². The Bertz CT molecular complexity index is 916. The van der Waals surface area contributed by atoms with Gasteiger partial charge in [0.05, 0.1) is 11.0 Å². The summed E-state index contributed by atoms with van der Waals surface area (Å²) in [6, 6.07) is 9.90.